The molecule has 0 aliphatic heterocycles. The number of aromatic nitrogens is 4. The van der Waals surface area contributed by atoms with Gasteiger partial charge in [-0.15, -0.1) is 0 Å². The van der Waals surface area contributed by atoms with Crippen molar-refractivity contribution >= 4 is 40.4 Å². The molecule has 0 spiro atoms. The Morgan fingerprint density at radius 3 is 2.45 bits per heavy atom. The lowest BCUT2D eigenvalue weighted by Gasteiger charge is -2.10. The topological polar surface area (TPSA) is 59.7 Å². The Morgan fingerprint density at radius 2 is 1.70 bits per heavy atom. The Morgan fingerprint density at radius 1 is 0.909 bits per heavy atom. The molecule has 4 rings (SSSR count). The Labute approximate surface area is 204 Å². The van der Waals surface area contributed by atoms with Gasteiger partial charge in [-0.05, 0) is 68.7 Å². The van der Waals surface area contributed by atoms with Crippen LogP contribution in [0.25, 0.3) is 0 Å². The van der Waals surface area contributed by atoms with Gasteiger partial charge in [-0.25, -0.2) is 0 Å². The van der Waals surface area contributed by atoms with E-state index in [1.807, 2.05) is 60.5 Å². The Balaban J connectivity index is 1.44. The van der Waals surface area contributed by atoms with Crippen molar-refractivity contribution in [2.75, 3.05) is 10.6 Å². The lowest BCUT2D eigenvalue weighted by atomic mass is 10.1. The number of benzene rings is 2. The molecule has 0 fully saturated rings. The smallest absolute Gasteiger partial charge is 0.176 e. The van der Waals surface area contributed by atoms with Crippen LogP contribution in [0, 0.1) is 27.7 Å². The van der Waals surface area contributed by atoms with Gasteiger partial charge in [-0.3, -0.25) is 9.36 Å². The fourth-order valence-corrected chi connectivity index (χ4v) is 4.20. The number of rotatable bonds is 6. The molecular weight excluding hydrogens is 452 g/mol. The number of nitrogens with zero attached hydrogens (tertiary/aromatic N) is 4. The number of nitrogens with one attached hydrogen (secondary N) is 2. The molecule has 0 bridgehead atoms. The molecule has 2 aromatic carbocycles. The summed E-state index contributed by atoms with van der Waals surface area (Å²) in [6.45, 7) is 9.52. The van der Waals surface area contributed by atoms with Gasteiger partial charge in [0.05, 0.1) is 30.2 Å². The zero-order valence-electron chi connectivity index (χ0n) is 19.2. The maximum Gasteiger partial charge on any atom is 0.176 e. The van der Waals surface area contributed by atoms with Crippen LogP contribution < -0.4 is 10.6 Å². The molecule has 0 amide bonds. The summed E-state index contributed by atoms with van der Waals surface area (Å²) < 4.78 is 3.93. The number of aryl methyl sites for hydroxylation is 3. The summed E-state index contributed by atoms with van der Waals surface area (Å²) in [5.74, 6) is 0.689. The molecule has 0 radical (unpaired) electrons. The van der Waals surface area contributed by atoms with Crippen LogP contribution in [-0.2, 0) is 13.1 Å². The van der Waals surface area contributed by atoms with Crippen molar-refractivity contribution in [3.8, 4) is 0 Å². The highest BCUT2D eigenvalue weighted by Crippen LogP contribution is 2.22. The fraction of sp³-hybridized carbons (Fsp3) is 0.240. The minimum Gasteiger partial charge on any atom is -0.329 e. The maximum atomic E-state index is 6.11. The molecule has 0 saturated heterocycles. The normalized spacial score (nSPS) is 10.9. The van der Waals surface area contributed by atoms with Gasteiger partial charge < -0.3 is 10.6 Å². The summed E-state index contributed by atoms with van der Waals surface area (Å²) in [7, 11) is 0. The van der Waals surface area contributed by atoms with Crippen LogP contribution >= 0.6 is 23.8 Å². The zero-order chi connectivity index (χ0) is 23.5. The Kier molecular flexibility index (Phi) is 6.81. The lowest BCUT2D eigenvalue weighted by molar-refractivity contribution is 0.657. The van der Waals surface area contributed by atoms with E-state index < -0.39 is 0 Å². The first-order valence-corrected chi connectivity index (χ1v) is 11.5. The second-order valence-electron chi connectivity index (χ2n) is 8.17. The molecule has 0 atom stereocenters. The number of hydrogen-bond donors (Lipinski definition) is 2. The van der Waals surface area contributed by atoms with Gasteiger partial charge in [0.2, 0.25) is 0 Å². The van der Waals surface area contributed by atoms with Gasteiger partial charge in [0.1, 0.15) is 0 Å². The molecule has 2 aromatic heterocycles. The van der Waals surface area contributed by atoms with Crippen molar-refractivity contribution in [3.63, 3.8) is 0 Å². The minimum absolute atomic E-state index is 0.476. The van der Waals surface area contributed by atoms with Crippen molar-refractivity contribution in [1.82, 2.24) is 19.6 Å². The van der Waals surface area contributed by atoms with Gasteiger partial charge in [0.25, 0.3) is 0 Å². The third-order valence-corrected chi connectivity index (χ3v) is 6.08. The predicted octanol–water partition coefficient (Wildman–Crippen LogP) is 5.87. The molecule has 33 heavy (non-hydrogen) atoms. The van der Waals surface area contributed by atoms with Crippen LogP contribution in [0.2, 0.25) is 5.02 Å². The molecule has 4 aromatic rings. The van der Waals surface area contributed by atoms with Gasteiger partial charge in [-0.2, -0.15) is 10.2 Å². The minimum atomic E-state index is 0.476. The van der Waals surface area contributed by atoms with E-state index in [1.54, 1.807) is 0 Å². The van der Waals surface area contributed by atoms with E-state index in [2.05, 4.69) is 46.9 Å². The first-order chi connectivity index (χ1) is 15.8. The second-order valence-corrected chi connectivity index (χ2v) is 9.01. The number of thiocarbonyl (C=S) groups is 1. The van der Waals surface area contributed by atoms with Crippen LogP contribution in [0.4, 0.5) is 11.5 Å². The third-order valence-electron chi connectivity index (χ3n) is 5.65. The Bertz CT molecular complexity index is 1310. The van der Waals surface area contributed by atoms with Gasteiger partial charge >= 0.3 is 0 Å². The van der Waals surface area contributed by atoms with Crippen LogP contribution in [0.15, 0.2) is 54.6 Å². The average Bonchev–Trinajstić information content (AvgIpc) is 3.23. The molecule has 6 nitrogen and oxygen atoms in total. The van der Waals surface area contributed by atoms with E-state index in [1.165, 1.54) is 11.1 Å². The van der Waals surface area contributed by atoms with Crippen molar-refractivity contribution in [2.45, 2.75) is 40.8 Å². The van der Waals surface area contributed by atoms with Crippen molar-refractivity contribution < 1.29 is 0 Å². The van der Waals surface area contributed by atoms with Crippen LogP contribution in [0.5, 0.6) is 0 Å². The molecule has 0 aliphatic carbocycles. The summed E-state index contributed by atoms with van der Waals surface area (Å²) in [5, 5.41) is 17.1. The number of halogens is 1. The number of anilines is 2. The highest BCUT2D eigenvalue weighted by molar-refractivity contribution is 7.80. The van der Waals surface area contributed by atoms with Gasteiger partial charge in [-0.1, -0.05) is 48.0 Å². The van der Waals surface area contributed by atoms with Crippen molar-refractivity contribution in [1.29, 1.82) is 0 Å². The van der Waals surface area contributed by atoms with E-state index in [-0.39, 0.29) is 0 Å². The average molecular weight is 479 g/mol. The molecule has 2 heterocycles. The summed E-state index contributed by atoms with van der Waals surface area (Å²) in [4.78, 5) is 0. The maximum absolute atomic E-state index is 6.11. The van der Waals surface area contributed by atoms with Gasteiger partial charge in [0.15, 0.2) is 10.9 Å². The molecule has 2 N–H and O–H groups in total. The third kappa shape index (κ3) is 5.43. The highest BCUT2D eigenvalue weighted by Gasteiger charge is 2.14. The molecule has 0 aliphatic rings. The summed E-state index contributed by atoms with van der Waals surface area (Å²) in [6, 6.07) is 18.1. The first-order valence-electron chi connectivity index (χ1n) is 10.8. The van der Waals surface area contributed by atoms with E-state index >= 15 is 0 Å². The largest absolute Gasteiger partial charge is 0.329 e. The van der Waals surface area contributed by atoms with Gasteiger partial charge in [0, 0.05) is 16.8 Å². The van der Waals surface area contributed by atoms with E-state index in [0.717, 1.165) is 33.4 Å². The van der Waals surface area contributed by atoms with Crippen LogP contribution in [0.3, 0.4) is 0 Å². The van der Waals surface area contributed by atoms with Crippen LogP contribution in [0.1, 0.15) is 33.8 Å². The molecule has 0 unspecified atom stereocenters. The molecular formula is C25H27ClN6S. The predicted molar refractivity (Wildman–Crippen MR) is 139 cm³/mol. The summed E-state index contributed by atoms with van der Waals surface area (Å²) in [6.07, 6.45) is 0. The standard InChI is InChI=1S/C25H27ClN6S/c1-16-8-5-6-10-21(16)15-32-19(4)24(18(3)29-32)28-25(33)27-23-12-17(2)31(30-23)14-20-9-7-11-22(26)13-20/h5-13H,14-15H2,1-4H3,(H2,27,28,30,33). The monoisotopic (exact) mass is 478 g/mol. The lowest BCUT2D eigenvalue weighted by Crippen LogP contribution is -2.20. The zero-order valence-corrected chi connectivity index (χ0v) is 20.8. The summed E-state index contributed by atoms with van der Waals surface area (Å²) in [5.41, 5.74) is 7.45. The van der Waals surface area contributed by atoms with E-state index in [4.69, 9.17) is 28.9 Å². The van der Waals surface area contributed by atoms with Crippen molar-refractivity contribution in [2.24, 2.45) is 0 Å². The Hall–Kier alpha value is -3.16. The molecule has 0 saturated carbocycles. The fourth-order valence-electron chi connectivity index (χ4n) is 3.78. The van der Waals surface area contributed by atoms with Crippen molar-refractivity contribution in [3.05, 3.63) is 93.4 Å². The van der Waals surface area contributed by atoms with Crippen LogP contribution in [-0.4, -0.2) is 24.7 Å². The van der Waals surface area contributed by atoms with E-state index in [9.17, 15) is 0 Å². The molecule has 170 valence electrons. The summed E-state index contributed by atoms with van der Waals surface area (Å²) >= 11 is 11.7. The quantitative estimate of drug-likeness (QED) is 0.339. The SMILES string of the molecule is Cc1ccccc1Cn1nc(C)c(NC(=S)Nc2cc(C)n(Cc3cccc(Cl)c3)n2)c1C. The number of hydrogen-bond acceptors (Lipinski definition) is 3. The first kappa shape index (κ1) is 23.0. The highest BCUT2D eigenvalue weighted by atomic mass is 35.5. The van der Waals surface area contributed by atoms with E-state index in [0.29, 0.717) is 24.0 Å². The second kappa shape index (κ2) is 9.77. The molecule has 8 heteroatoms.